The molecule has 0 saturated carbocycles. The Labute approximate surface area is 68.4 Å². The van der Waals surface area contributed by atoms with E-state index in [1.54, 1.807) is 0 Å². The molecule has 2 atom stereocenters. The molecule has 1 aliphatic heterocycles. The molecule has 2 N–H and O–H groups in total. The van der Waals surface area contributed by atoms with Gasteiger partial charge in [0.25, 0.3) is 0 Å². The van der Waals surface area contributed by atoms with Crippen LogP contribution in [0.25, 0.3) is 0 Å². The van der Waals surface area contributed by atoms with Crippen LogP contribution in [0.1, 0.15) is 26.2 Å². The van der Waals surface area contributed by atoms with Crippen molar-refractivity contribution >= 4 is 12.4 Å². The summed E-state index contributed by atoms with van der Waals surface area (Å²) in [5.41, 5.74) is 0. The van der Waals surface area contributed by atoms with Crippen LogP contribution >= 0.6 is 12.4 Å². The predicted octanol–water partition coefficient (Wildman–Crippen LogP) is 0.931. The molecule has 0 amide bonds. The van der Waals surface area contributed by atoms with Crippen LogP contribution in [0.3, 0.4) is 0 Å². The quantitative estimate of drug-likeness (QED) is 0.638. The first-order chi connectivity index (χ1) is 4.34. The highest BCUT2D eigenvalue weighted by Gasteiger charge is 2.20. The number of halogens is 1. The van der Waals surface area contributed by atoms with Gasteiger partial charge in [-0.05, 0) is 25.8 Å². The van der Waals surface area contributed by atoms with Crippen molar-refractivity contribution in [3.8, 4) is 0 Å². The Morgan fingerprint density at radius 2 is 2.40 bits per heavy atom. The molecule has 1 unspecified atom stereocenters. The molecule has 0 aromatic rings. The zero-order valence-corrected chi connectivity index (χ0v) is 7.16. The Hall–Kier alpha value is 0.210. The highest BCUT2D eigenvalue weighted by atomic mass is 35.5. The van der Waals surface area contributed by atoms with Crippen LogP contribution in [-0.2, 0) is 0 Å². The monoisotopic (exact) mass is 165 g/mol. The lowest BCUT2D eigenvalue weighted by Crippen LogP contribution is -2.33. The normalized spacial score (nSPS) is 27.6. The highest BCUT2D eigenvalue weighted by Crippen LogP contribution is 2.10. The number of aliphatic hydroxyl groups excluding tert-OH is 1. The van der Waals surface area contributed by atoms with E-state index in [-0.39, 0.29) is 18.5 Å². The second-order valence-corrected chi connectivity index (χ2v) is 2.68. The Morgan fingerprint density at radius 3 is 2.80 bits per heavy atom. The van der Waals surface area contributed by atoms with Gasteiger partial charge in [0, 0.05) is 6.04 Å². The molecule has 0 spiro atoms. The molecule has 62 valence electrons. The van der Waals surface area contributed by atoms with E-state index in [0.717, 1.165) is 19.4 Å². The Balaban J connectivity index is 0.000000810. The van der Waals surface area contributed by atoms with Crippen molar-refractivity contribution in [1.82, 2.24) is 5.32 Å². The predicted molar refractivity (Wildman–Crippen MR) is 44.6 cm³/mol. The average molecular weight is 166 g/mol. The van der Waals surface area contributed by atoms with Gasteiger partial charge in [-0.15, -0.1) is 12.4 Å². The van der Waals surface area contributed by atoms with Crippen molar-refractivity contribution in [3.63, 3.8) is 0 Å². The second-order valence-electron chi connectivity index (χ2n) is 2.68. The third-order valence-electron chi connectivity index (χ3n) is 1.98. The largest absolute Gasteiger partial charge is 0.392 e. The molecule has 1 rings (SSSR count). The van der Waals surface area contributed by atoms with Gasteiger partial charge in [0.1, 0.15) is 0 Å². The summed E-state index contributed by atoms with van der Waals surface area (Å²) in [4.78, 5) is 0. The minimum absolute atomic E-state index is 0. The first-order valence-electron chi connectivity index (χ1n) is 3.76. The lowest BCUT2D eigenvalue weighted by Gasteiger charge is -2.15. The summed E-state index contributed by atoms with van der Waals surface area (Å²) in [6.45, 7) is 3.10. The van der Waals surface area contributed by atoms with Crippen LogP contribution < -0.4 is 5.32 Å². The van der Waals surface area contributed by atoms with Gasteiger partial charge in [-0.1, -0.05) is 6.92 Å². The number of hydrogen-bond acceptors (Lipinski definition) is 2. The lowest BCUT2D eigenvalue weighted by atomic mass is 10.1. The van der Waals surface area contributed by atoms with E-state index in [4.69, 9.17) is 0 Å². The van der Waals surface area contributed by atoms with Gasteiger partial charge >= 0.3 is 0 Å². The summed E-state index contributed by atoms with van der Waals surface area (Å²) < 4.78 is 0. The molecular weight excluding hydrogens is 150 g/mol. The van der Waals surface area contributed by atoms with Crippen LogP contribution in [0, 0.1) is 0 Å². The van der Waals surface area contributed by atoms with Gasteiger partial charge < -0.3 is 10.4 Å². The Morgan fingerprint density at radius 1 is 1.70 bits per heavy atom. The van der Waals surface area contributed by atoms with Gasteiger partial charge in [0.2, 0.25) is 0 Å². The van der Waals surface area contributed by atoms with Gasteiger partial charge in [-0.2, -0.15) is 0 Å². The molecule has 1 fully saturated rings. The molecule has 1 heterocycles. The van der Waals surface area contributed by atoms with Crippen LogP contribution in [0.15, 0.2) is 0 Å². The maximum absolute atomic E-state index is 9.30. The van der Waals surface area contributed by atoms with E-state index in [1.807, 2.05) is 6.92 Å². The minimum atomic E-state index is -0.118. The topological polar surface area (TPSA) is 32.3 Å². The van der Waals surface area contributed by atoms with E-state index in [2.05, 4.69) is 5.32 Å². The Bertz CT molecular complexity index is 83.7. The third-order valence-corrected chi connectivity index (χ3v) is 1.98. The molecule has 2 nitrogen and oxygen atoms in total. The van der Waals surface area contributed by atoms with Crippen LogP contribution in [0.2, 0.25) is 0 Å². The molecule has 10 heavy (non-hydrogen) atoms. The van der Waals surface area contributed by atoms with Crippen LogP contribution in [-0.4, -0.2) is 23.8 Å². The molecule has 0 aliphatic carbocycles. The summed E-state index contributed by atoms with van der Waals surface area (Å²) in [7, 11) is 0. The van der Waals surface area contributed by atoms with Gasteiger partial charge in [0.05, 0.1) is 6.10 Å². The van der Waals surface area contributed by atoms with Crippen molar-refractivity contribution in [2.24, 2.45) is 0 Å². The molecule has 0 aromatic carbocycles. The van der Waals surface area contributed by atoms with Crippen LogP contribution in [0.5, 0.6) is 0 Å². The van der Waals surface area contributed by atoms with Crippen LogP contribution in [0.4, 0.5) is 0 Å². The second kappa shape index (κ2) is 4.94. The Kier molecular flexibility index (Phi) is 5.04. The smallest absolute Gasteiger partial charge is 0.0690 e. The van der Waals surface area contributed by atoms with Gasteiger partial charge in [0.15, 0.2) is 0 Å². The molecule has 1 saturated heterocycles. The molecular formula is C7H16ClNO. The van der Waals surface area contributed by atoms with Crippen molar-refractivity contribution in [2.45, 2.75) is 38.3 Å². The maximum atomic E-state index is 9.30. The number of hydrogen-bond donors (Lipinski definition) is 2. The van der Waals surface area contributed by atoms with E-state index < -0.39 is 0 Å². The fourth-order valence-corrected chi connectivity index (χ4v) is 1.32. The molecule has 0 radical (unpaired) electrons. The molecule has 0 bridgehead atoms. The van der Waals surface area contributed by atoms with E-state index in [1.165, 1.54) is 6.42 Å². The summed E-state index contributed by atoms with van der Waals surface area (Å²) in [6.07, 6.45) is 3.13. The summed E-state index contributed by atoms with van der Waals surface area (Å²) in [5.74, 6) is 0. The minimum Gasteiger partial charge on any atom is -0.392 e. The zero-order valence-electron chi connectivity index (χ0n) is 6.34. The van der Waals surface area contributed by atoms with Crippen molar-refractivity contribution in [1.29, 1.82) is 0 Å². The average Bonchev–Trinajstić information content (AvgIpc) is 2.37. The number of rotatable bonds is 2. The van der Waals surface area contributed by atoms with Crippen molar-refractivity contribution in [2.75, 3.05) is 6.54 Å². The third kappa shape index (κ3) is 2.45. The number of aliphatic hydroxyl groups is 1. The summed E-state index contributed by atoms with van der Waals surface area (Å²) in [5, 5.41) is 12.6. The van der Waals surface area contributed by atoms with Gasteiger partial charge in [-0.3, -0.25) is 0 Å². The summed E-state index contributed by atoms with van der Waals surface area (Å²) in [6, 6.07) is 0.384. The lowest BCUT2D eigenvalue weighted by molar-refractivity contribution is 0.132. The summed E-state index contributed by atoms with van der Waals surface area (Å²) >= 11 is 0. The van der Waals surface area contributed by atoms with E-state index in [0.29, 0.717) is 6.04 Å². The number of nitrogens with one attached hydrogen (secondary N) is 1. The SMILES string of the molecule is CCC(O)[C@@H]1CCCN1.Cl. The standard InChI is InChI=1S/C7H15NO.ClH/c1-2-7(9)6-4-3-5-8-6;/h6-9H,2-5H2,1H3;1H/t6-,7?;/m0./s1. The highest BCUT2D eigenvalue weighted by molar-refractivity contribution is 5.85. The fourth-order valence-electron chi connectivity index (χ4n) is 1.32. The first kappa shape index (κ1) is 10.2. The maximum Gasteiger partial charge on any atom is 0.0690 e. The fraction of sp³-hybridized carbons (Fsp3) is 1.00. The molecule has 1 aliphatic rings. The van der Waals surface area contributed by atoms with Crippen molar-refractivity contribution in [3.05, 3.63) is 0 Å². The van der Waals surface area contributed by atoms with Gasteiger partial charge in [-0.25, -0.2) is 0 Å². The van der Waals surface area contributed by atoms with E-state index >= 15 is 0 Å². The van der Waals surface area contributed by atoms with E-state index in [9.17, 15) is 5.11 Å². The molecule has 3 heteroatoms. The van der Waals surface area contributed by atoms with Crippen molar-refractivity contribution < 1.29 is 5.11 Å². The molecule has 0 aromatic heterocycles. The zero-order chi connectivity index (χ0) is 6.69. The first-order valence-corrected chi connectivity index (χ1v) is 3.76.